The quantitative estimate of drug-likeness (QED) is 0.808. The molecule has 1 aromatic heterocycles. The number of hydrogen-bond acceptors (Lipinski definition) is 3. The van der Waals surface area contributed by atoms with E-state index in [0.29, 0.717) is 6.42 Å². The standard InChI is InChI=1S/C11H8BrNOS/c12-9-3-1-8(2-4-9)11-13-10(5-6-14)7-15-11/h1-4,6-7H,5H2. The van der Waals surface area contributed by atoms with E-state index in [4.69, 9.17) is 0 Å². The second kappa shape index (κ2) is 4.68. The molecule has 2 rings (SSSR count). The highest BCUT2D eigenvalue weighted by atomic mass is 79.9. The van der Waals surface area contributed by atoms with Gasteiger partial charge in [-0.3, -0.25) is 0 Å². The predicted octanol–water partition coefficient (Wildman–Crippen LogP) is 3.31. The number of thiazole rings is 1. The third-order valence-corrected chi connectivity index (χ3v) is 3.40. The van der Waals surface area contributed by atoms with Crippen LogP contribution < -0.4 is 0 Å². The zero-order valence-corrected chi connectivity index (χ0v) is 10.2. The van der Waals surface area contributed by atoms with Gasteiger partial charge in [0.15, 0.2) is 0 Å². The molecule has 0 aliphatic carbocycles. The van der Waals surface area contributed by atoms with E-state index in [1.807, 2.05) is 29.6 Å². The summed E-state index contributed by atoms with van der Waals surface area (Å²) in [6.45, 7) is 0. The van der Waals surface area contributed by atoms with Crippen molar-refractivity contribution in [2.75, 3.05) is 0 Å². The molecule has 0 bridgehead atoms. The van der Waals surface area contributed by atoms with E-state index >= 15 is 0 Å². The zero-order chi connectivity index (χ0) is 10.7. The van der Waals surface area contributed by atoms with Crippen LogP contribution in [0.5, 0.6) is 0 Å². The molecule has 2 nitrogen and oxygen atoms in total. The van der Waals surface area contributed by atoms with Crippen LogP contribution in [0.3, 0.4) is 0 Å². The molecular weight excluding hydrogens is 274 g/mol. The van der Waals surface area contributed by atoms with Gasteiger partial charge < -0.3 is 4.79 Å². The van der Waals surface area contributed by atoms with Gasteiger partial charge >= 0.3 is 0 Å². The van der Waals surface area contributed by atoms with E-state index in [-0.39, 0.29) is 0 Å². The van der Waals surface area contributed by atoms with E-state index in [2.05, 4.69) is 20.9 Å². The number of hydrogen-bond donors (Lipinski definition) is 0. The van der Waals surface area contributed by atoms with E-state index in [9.17, 15) is 4.79 Å². The van der Waals surface area contributed by atoms with Gasteiger partial charge in [0.2, 0.25) is 0 Å². The number of carbonyl (C=O) groups excluding carboxylic acids is 1. The normalized spacial score (nSPS) is 10.2. The average Bonchev–Trinajstić information content (AvgIpc) is 2.68. The molecule has 1 aromatic carbocycles. The molecule has 1 heterocycles. The molecule has 0 saturated heterocycles. The highest BCUT2D eigenvalue weighted by Gasteiger charge is 2.03. The molecule has 0 atom stereocenters. The average molecular weight is 282 g/mol. The number of benzene rings is 1. The smallest absolute Gasteiger partial charge is 0.125 e. The van der Waals surface area contributed by atoms with E-state index < -0.39 is 0 Å². The lowest BCUT2D eigenvalue weighted by Gasteiger charge is -1.95. The summed E-state index contributed by atoms with van der Waals surface area (Å²) in [6.07, 6.45) is 1.27. The molecule has 0 amide bonds. The van der Waals surface area contributed by atoms with Crippen molar-refractivity contribution in [1.29, 1.82) is 0 Å². The van der Waals surface area contributed by atoms with E-state index in [1.54, 1.807) is 11.3 Å². The number of aldehydes is 1. The fourth-order valence-corrected chi connectivity index (χ4v) is 2.31. The molecule has 4 heteroatoms. The molecule has 0 fully saturated rings. The molecule has 0 saturated carbocycles. The maximum atomic E-state index is 10.3. The minimum atomic E-state index is 0.396. The Hall–Kier alpha value is -1.00. The zero-order valence-electron chi connectivity index (χ0n) is 7.81. The number of nitrogens with zero attached hydrogens (tertiary/aromatic N) is 1. The van der Waals surface area contributed by atoms with Crippen LogP contribution in [0.15, 0.2) is 34.1 Å². The molecule has 0 unspecified atom stereocenters. The third kappa shape index (κ3) is 2.52. The summed E-state index contributed by atoms with van der Waals surface area (Å²) < 4.78 is 1.05. The fourth-order valence-electron chi connectivity index (χ4n) is 1.21. The van der Waals surface area contributed by atoms with Crippen LogP contribution in [-0.4, -0.2) is 11.3 Å². The first-order chi connectivity index (χ1) is 7.29. The van der Waals surface area contributed by atoms with E-state index in [1.165, 1.54) is 0 Å². The number of halogens is 1. The van der Waals surface area contributed by atoms with Crippen LogP contribution >= 0.6 is 27.3 Å². The first-order valence-electron chi connectivity index (χ1n) is 4.43. The van der Waals surface area contributed by atoms with Gasteiger partial charge in [-0.15, -0.1) is 11.3 Å². The highest BCUT2D eigenvalue weighted by molar-refractivity contribution is 9.10. The fraction of sp³-hybridized carbons (Fsp3) is 0.0909. The Morgan fingerprint density at radius 2 is 2.07 bits per heavy atom. The minimum Gasteiger partial charge on any atom is -0.303 e. The summed E-state index contributed by atoms with van der Waals surface area (Å²) >= 11 is 4.95. The van der Waals surface area contributed by atoms with Gasteiger partial charge in [0.05, 0.1) is 5.69 Å². The lowest BCUT2D eigenvalue weighted by atomic mass is 10.2. The summed E-state index contributed by atoms with van der Waals surface area (Å²) in [5, 5.41) is 2.88. The lowest BCUT2D eigenvalue weighted by molar-refractivity contribution is -0.107. The largest absolute Gasteiger partial charge is 0.303 e. The third-order valence-electron chi connectivity index (χ3n) is 1.94. The molecule has 2 aromatic rings. The van der Waals surface area contributed by atoms with Crippen molar-refractivity contribution in [3.63, 3.8) is 0 Å². The SMILES string of the molecule is O=CCc1csc(-c2ccc(Br)cc2)n1. The molecule has 0 spiro atoms. The molecule has 15 heavy (non-hydrogen) atoms. The Morgan fingerprint density at radius 3 is 2.73 bits per heavy atom. The predicted molar refractivity (Wildman–Crippen MR) is 65.0 cm³/mol. The molecular formula is C11H8BrNOS. The van der Waals surface area contributed by atoms with Crippen molar-refractivity contribution in [2.24, 2.45) is 0 Å². The maximum Gasteiger partial charge on any atom is 0.125 e. The van der Waals surface area contributed by atoms with Gasteiger partial charge in [-0.1, -0.05) is 28.1 Å². The first-order valence-corrected chi connectivity index (χ1v) is 6.11. The van der Waals surface area contributed by atoms with Gasteiger partial charge in [-0.05, 0) is 12.1 Å². The minimum absolute atomic E-state index is 0.396. The monoisotopic (exact) mass is 281 g/mol. The van der Waals surface area contributed by atoms with Crippen molar-refractivity contribution < 1.29 is 4.79 Å². The van der Waals surface area contributed by atoms with Crippen LogP contribution in [0.1, 0.15) is 5.69 Å². The molecule has 76 valence electrons. The Kier molecular flexibility index (Phi) is 3.28. The maximum absolute atomic E-state index is 10.3. The molecule has 0 radical (unpaired) electrons. The van der Waals surface area contributed by atoms with Crippen LogP contribution in [0.2, 0.25) is 0 Å². The first kappa shape index (κ1) is 10.5. The van der Waals surface area contributed by atoms with Crippen molar-refractivity contribution in [3.8, 4) is 10.6 Å². The van der Waals surface area contributed by atoms with Crippen molar-refractivity contribution in [2.45, 2.75) is 6.42 Å². The summed E-state index contributed by atoms with van der Waals surface area (Å²) in [7, 11) is 0. The summed E-state index contributed by atoms with van der Waals surface area (Å²) in [4.78, 5) is 14.7. The number of carbonyl (C=O) groups is 1. The molecule has 0 aliphatic rings. The van der Waals surface area contributed by atoms with Crippen LogP contribution in [0.4, 0.5) is 0 Å². The second-order valence-electron chi connectivity index (χ2n) is 3.02. The van der Waals surface area contributed by atoms with Gasteiger partial charge in [0.1, 0.15) is 11.3 Å². The van der Waals surface area contributed by atoms with Crippen molar-refractivity contribution >= 4 is 33.6 Å². The van der Waals surface area contributed by atoms with Crippen LogP contribution in [0.25, 0.3) is 10.6 Å². The topological polar surface area (TPSA) is 30.0 Å². The number of aromatic nitrogens is 1. The van der Waals surface area contributed by atoms with Gasteiger partial charge in [0.25, 0.3) is 0 Å². The van der Waals surface area contributed by atoms with Crippen LogP contribution in [0, 0.1) is 0 Å². The Bertz CT molecular complexity index is 464. The van der Waals surface area contributed by atoms with Crippen LogP contribution in [-0.2, 0) is 11.2 Å². The lowest BCUT2D eigenvalue weighted by Crippen LogP contribution is -1.85. The van der Waals surface area contributed by atoms with Gasteiger partial charge in [-0.2, -0.15) is 0 Å². The summed E-state index contributed by atoms with van der Waals surface area (Å²) in [5.41, 5.74) is 1.92. The van der Waals surface area contributed by atoms with Crippen molar-refractivity contribution in [1.82, 2.24) is 4.98 Å². The van der Waals surface area contributed by atoms with Crippen molar-refractivity contribution in [3.05, 3.63) is 39.8 Å². The second-order valence-corrected chi connectivity index (χ2v) is 4.80. The number of rotatable bonds is 3. The summed E-state index contributed by atoms with van der Waals surface area (Å²) in [6, 6.07) is 7.98. The molecule has 0 N–H and O–H groups in total. The van der Waals surface area contributed by atoms with E-state index in [0.717, 1.165) is 27.0 Å². The molecule has 0 aliphatic heterocycles. The van der Waals surface area contributed by atoms with Gasteiger partial charge in [-0.25, -0.2) is 4.98 Å². The van der Waals surface area contributed by atoms with Gasteiger partial charge in [0, 0.05) is 21.8 Å². The Labute approximate surface area is 100 Å². The summed E-state index contributed by atoms with van der Waals surface area (Å²) in [5.74, 6) is 0. The Balaban J connectivity index is 2.28. The highest BCUT2D eigenvalue weighted by Crippen LogP contribution is 2.25. The Morgan fingerprint density at radius 1 is 1.33 bits per heavy atom.